The molecule has 94 valence electrons. The van der Waals surface area contributed by atoms with Crippen molar-refractivity contribution >= 4 is 12.2 Å². The summed E-state index contributed by atoms with van der Waals surface area (Å²) >= 11 is 0. The van der Waals surface area contributed by atoms with Gasteiger partial charge in [0.1, 0.15) is 0 Å². The molecule has 0 bridgehead atoms. The Balaban J connectivity index is 3.40. The van der Waals surface area contributed by atoms with E-state index in [9.17, 15) is 9.59 Å². The topological polar surface area (TPSA) is 58.9 Å². The molecule has 0 aromatic heterocycles. The van der Waals surface area contributed by atoms with Crippen LogP contribution in [0.25, 0.3) is 0 Å². The van der Waals surface area contributed by atoms with Crippen molar-refractivity contribution in [1.29, 1.82) is 0 Å². The molecular weight excluding hydrogens is 216 g/mol. The number of rotatable bonds is 4. The van der Waals surface area contributed by atoms with E-state index in [-0.39, 0.29) is 5.41 Å². The fraction of sp³-hybridized carbons (Fsp3) is 0.846. The van der Waals surface area contributed by atoms with Crippen LogP contribution >= 0.6 is 0 Å². The van der Waals surface area contributed by atoms with Gasteiger partial charge in [0.15, 0.2) is 5.66 Å². The first kappa shape index (κ1) is 13.8. The van der Waals surface area contributed by atoms with Crippen molar-refractivity contribution < 1.29 is 9.59 Å². The maximum Gasteiger partial charge on any atom is 0.237 e. The number of isocyanates is 2. The van der Waals surface area contributed by atoms with Gasteiger partial charge in [-0.25, -0.2) is 9.59 Å². The number of hydrogen-bond acceptors (Lipinski definition) is 4. The molecule has 1 saturated carbocycles. The molecule has 1 aliphatic carbocycles. The molecule has 0 aliphatic heterocycles. The zero-order valence-corrected chi connectivity index (χ0v) is 10.8. The fourth-order valence-corrected chi connectivity index (χ4v) is 3.60. The highest BCUT2D eigenvalue weighted by atomic mass is 16.1. The van der Waals surface area contributed by atoms with Crippen molar-refractivity contribution in [3.05, 3.63) is 0 Å². The Morgan fingerprint density at radius 2 is 1.71 bits per heavy atom. The average Bonchev–Trinajstić information content (AvgIpc) is 2.31. The summed E-state index contributed by atoms with van der Waals surface area (Å²) < 4.78 is 0. The van der Waals surface area contributed by atoms with E-state index in [1.807, 2.05) is 0 Å². The summed E-state index contributed by atoms with van der Waals surface area (Å²) in [6, 6.07) is 0. The molecule has 4 nitrogen and oxygen atoms in total. The van der Waals surface area contributed by atoms with Crippen molar-refractivity contribution in [2.75, 3.05) is 0 Å². The van der Waals surface area contributed by atoms with E-state index in [0.717, 1.165) is 25.7 Å². The summed E-state index contributed by atoms with van der Waals surface area (Å²) in [4.78, 5) is 29.2. The molecule has 0 heterocycles. The predicted molar refractivity (Wildman–Crippen MR) is 65.0 cm³/mol. The number of hydrogen-bond donors (Lipinski definition) is 0. The van der Waals surface area contributed by atoms with Gasteiger partial charge >= 0.3 is 0 Å². The molecule has 1 aliphatic rings. The van der Waals surface area contributed by atoms with Crippen LogP contribution in [0.3, 0.4) is 0 Å². The third-order valence-electron chi connectivity index (χ3n) is 4.63. The Kier molecular flexibility index (Phi) is 4.39. The molecule has 0 N–H and O–H groups in total. The molecule has 1 fully saturated rings. The summed E-state index contributed by atoms with van der Waals surface area (Å²) in [5, 5.41) is 0. The summed E-state index contributed by atoms with van der Waals surface area (Å²) in [6.07, 6.45) is 7.58. The van der Waals surface area contributed by atoms with Gasteiger partial charge in [-0.05, 0) is 38.0 Å². The third-order valence-corrected chi connectivity index (χ3v) is 4.63. The zero-order chi connectivity index (χ0) is 12.9. The van der Waals surface area contributed by atoms with Crippen LogP contribution in [0.2, 0.25) is 0 Å². The lowest BCUT2D eigenvalue weighted by Crippen LogP contribution is -2.51. The molecule has 0 amide bonds. The van der Waals surface area contributed by atoms with E-state index in [1.54, 1.807) is 12.2 Å². The maximum absolute atomic E-state index is 10.7. The van der Waals surface area contributed by atoms with E-state index in [2.05, 4.69) is 30.8 Å². The molecule has 17 heavy (non-hydrogen) atoms. The molecule has 0 aromatic rings. The van der Waals surface area contributed by atoms with Crippen LogP contribution in [0.4, 0.5) is 0 Å². The molecule has 4 heteroatoms. The summed E-state index contributed by atoms with van der Waals surface area (Å²) in [5.74, 6) is 0.389. The molecule has 1 unspecified atom stereocenters. The van der Waals surface area contributed by atoms with Gasteiger partial charge in [0, 0.05) is 5.41 Å². The van der Waals surface area contributed by atoms with Crippen LogP contribution in [-0.2, 0) is 9.59 Å². The van der Waals surface area contributed by atoms with Crippen LogP contribution in [0.1, 0.15) is 52.9 Å². The van der Waals surface area contributed by atoms with Gasteiger partial charge in [-0.15, -0.1) is 0 Å². The van der Waals surface area contributed by atoms with Gasteiger partial charge in [-0.1, -0.05) is 20.8 Å². The lowest BCUT2D eigenvalue weighted by atomic mass is 9.57. The Morgan fingerprint density at radius 3 is 2.12 bits per heavy atom. The molecule has 1 atom stereocenters. The highest BCUT2D eigenvalue weighted by Crippen LogP contribution is 2.55. The molecule has 0 saturated heterocycles. The minimum Gasteiger partial charge on any atom is -0.211 e. The Labute approximate surface area is 102 Å². The van der Waals surface area contributed by atoms with Gasteiger partial charge in [-0.3, -0.25) is 0 Å². The fourth-order valence-electron chi connectivity index (χ4n) is 3.60. The van der Waals surface area contributed by atoms with Crippen LogP contribution < -0.4 is 0 Å². The smallest absolute Gasteiger partial charge is 0.211 e. The summed E-state index contributed by atoms with van der Waals surface area (Å²) in [7, 11) is 0. The Bertz CT molecular complexity index is 344. The molecule has 0 radical (unpaired) electrons. The number of nitrogens with zero attached hydrogens (tertiary/aromatic N) is 2. The van der Waals surface area contributed by atoms with Crippen LogP contribution in [-0.4, -0.2) is 17.8 Å². The van der Waals surface area contributed by atoms with Crippen molar-refractivity contribution in [2.24, 2.45) is 21.3 Å². The standard InChI is InChI=1S/C13H20N2O2/c1-4-12(5-2)11(3)7-6-8-13(12,14-9-16)15-10-17/h11H,4-8H2,1-3H3. The van der Waals surface area contributed by atoms with Crippen molar-refractivity contribution in [1.82, 2.24) is 0 Å². The second kappa shape index (κ2) is 5.39. The quantitative estimate of drug-likeness (QED) is 0.556. The van der Waals surface area contributed by atoms with E-state index < -0.39 is 5.66 Å². The minimum absolute atomic E-state index is 0.222. The molecular formula is C13H20N2O2. The maximum atomic E-state index is 10.7. The average molecular weight is 236 g/mol. The van der Waals surface area contributed by atoms with Crippen LogP contribution in [0, 0.1) is 11.3 Å². The first-order valence-electron chi connectivity index (χ1n) is 6.30. The first-order chi connectivity index (χ1) is 8.12. The summed E-state index contributed by atoms with van der Waals surface area (Å²) in [6.45, 7) is 6.29. The minimum atomic E-state index is -0.933. The SMILES string of the molecule is CCC1(CC)C(C)CCCC1(N=C=O)N=C=O. The largest absolute Gasteiger partial charge is 0.237 e. The van der Waals surface area contributed by atoms with Gasteiger partial charge in [-0.2, -0.15) is 9.98 Å². The lowest BCUT2D eigenvalue weighted by Gasteiger charge is -2.50. The molecule has 1 rings (SSSR count). The van der Waals surface area contributed by atoms with Gasteiger partial charge in [0.25, 0.3) is 0 Å². The van der Waals surface area contributed by atoms with Crippen molar-refractivity contribution in [3.63, 3.8) is 0 Å². The van der Waals surface area contributed by atoms with Crippen molar-refractivity contribution in [3.8, 4) is 0 Å². The predicted octanol–water partition coefficient (Wildman–Crippen LogP) is 2.98. The zero-order valence-electron chi connectivity index (χ0n) is 10.8. The highest BCUT2D eigenvalue weighted by molar-refractivity contribution is 5.40. The van der Waals surface area contributed by atoms with E-state index in [4.69, 9.17) is 0 Å². The first-order valence-corrected chi connectivity index (χ1v) is 6.30. The second-order valence-electron chi connectivity index (χ2n) is 4.88. The molecule has 0 spiro atoms. The van der Waals surface area contributed by atoms with E-state index in [0.29, 0.717) is 12.3 Å². The second-order valence-corrected chi connectivity index (χ2v) is 4.88. The van der Waals surface area contributed by atoms with Crippen LogP contribution in [0.15, 0.2) is 9.98 Å². The van der Waals surface area contributed by atoms with Crippen molar-refractivity contribution in [2.45, 2.75) is 58.5 Å². The molecule has 0 aromatic carbocycles. The van der Waals surface area contributed by atoms with Gasteiger partial charge < -0.3 is 0 Å². The normalized spacial score (nSPS) is 31.1. The Morgan fingerprint density at radius 1 is 1.18 bits per heavy atom. The lowest BCUT2D eigenvalue weighted by molar-refractivity contribution is 0.00436. The Hall–Kier alpha value is -1.24. The number of carbonyl (C=O) groups excluding carboxylic acids is 2. The third kappa shape index (κ3) is 1.99. The van der Waals surface area contributed by atoms with Gasteiger partial charge in [0.2, 0.25) is 12.2 Å². The van der Waals surface area contributed by atoms with Gasteiger partial charge in [0.05, 0.1) is 0 Å². The highest BCUT2D eigenvalue weighted by Gasteiger charge is 2.55. The van der Waals surface area contributed by atoms with Crippen LogP contribution in [0.5, 0.6) is 0 Å². The van der Waals surface area contributed by atoms with E-state index in [1.165, 1.54) is 0 Å². The number of aliphatic imine (C=N–C) groups is 2. The van der Waals surface area contributed by atoms with E-state index >= 15 is 0 Å². The monoisotopic (exact) mass is 236 g/mol. The summed E-state index contributed by atoms with van der Waals surface area (Å²) in [5.41, 5.74) is -1.16.